The third-order valence-electron chi connectivity index (χ3n) is 6.48. The number of rotatable bonds is 5. The second-order valence-corrected chi connectivity index (χ2v) is 9.64. The molecule has 4 N–H and O–H groups in total. The van der Waals surface area contributed by atoms with E-state index in [2.05, 4.69) is 27.3 Å². The Morgan fingerprint density at radius 3 is 2.64 bits per heavy atom. The molecule has 10 heteroatoms. The van der Waals surface area contributed by atoms with Gasteiger partial charge < -0.3 is 20.9 Å². The van der Waals surface area contributed by atoms with Crippen LogP contribution in [-0.4, -0.2) is 63.7 Å². The molecule has 0 bridgehead atoms. The zero-order valence-electron chi connectivity index (χ0n) is 19.2. The highest BCUT2D eigenvalue weighted by molar-refractivity contribution is 6.01. The first-order chi connectivity index (χ1) is 15.7. The van der Waals surface area contributed by atoms with Crippen molar-refractivity contribution in [2.75, 3.05) is 37.4 Å². The molecule has 2 aromatic heterocycles. The molecular formula is C23H29FN8O. The molecule has 33 heavy (non-hydrogen) atoms. The van der Waals surface area contributed by atoms with Crippen molar-refractivity contribution < 1.29 is 9.18 Å². The van der Waals surface area contributed by atoms with Gasteiger partial charge in [-0.2, -0.15) is 10.1 Å². The van der Waals surface area contributed by atoms with Crippen LogP contribution in [0.1, 0.15) is 54.6 Å². The van der Waals surface area contributed by atoms with Crippen molar-refractivity contribution in [3.8, 4) is 0 Å². The van der Waals surface area contributed by atoms with Gasteiger partial charge in [-0.1, -0.05) is 0 Å². The van der Waals surface area contributed by atoms with E-state index in [0.717, 1.165) is 38.8 Å². The number of nitrogens with zero attached hydrogens (tertiary/aromatic N) is 5. The summed E-state index contributed by atoms with van der Waals surface area (Å²) >= 11 is 0. The lowest BCUT2D eigenvalue weighted by Gasteiger charge is -2.36. The molecule has 2 fully saturated rings. The van der Waals surface area contributed by atoms with Crippen molar-refractivity contribution in [3.63, 3.8) is 0 Å². The number of fused-ring (bicyclic) bond motifs is 1. The van der Waals surface area contributed by atoms with E-state index in [1.165, 1.54) is 4.90 Å². The minimum absolute atomic E-state index is 0.0976. The first-order valence-electron chi connectivity index (χ1n) is 11.3. The number of carbonyl (C=O) groups is 1. The highest BCUT2D eigenvalue weighted by Gasteiger charge is 2.31. The van der Waals surface area contributed by atoms with Crippen LogP contribution in [0.2, 0.25) is 0 Å². The molecule has 1 aliphatic heterocycles. The molecule has 1 saturated carbocycles. The molecule has 0 unspecified atom stereocenters. The van der Waals surface area contributed by atoms with Gasteiger partial charge in [0, 0.05) is 49.6 Å². The number of H-pyrrole nitrogens is 1. The highest BCUT2D eigenvalue weighted by atomic mass is 19.1. The van der Waals surface area contributed by atoms with Crippen LogP contribution in [0, 0.1) is 5.82 Å². The lowest BCUT2D eigenvalue weighted by Crippen LogP contribution is -2.48. The minimum Gasteiger partial charge on any atom is -0.345 e. The van der Waals surface area contributed by atoms with Crippen molar-refractivity contribution in [2.45, 2.75) is 44.1 Å². The summed E-state index contributed by atoms with van der Waals surface area (Å²) in [6.45, 7) is 3.52. The van der Waals surface area contributed by atoms with Crippen LogP contribution in [0.25, 0.3) is 10.9 Å². The summed E-state index contributed by atoms with van der Waals surface area (Å²) in [5.74, 6) is 0.743. The molecule has 1 aromatic carbocycles. The number of hydrogen-bond acceptors (Lipinski definition) is 7. The van der Waals surface area contributed by atoms with Gasteiger partial charge in [-0.25, -0.2) is 9.37 Å². The Hall–Kier alpha value is -3.27. The number of aromatic amines is 1. The first-order valence-corrected chi connectivity index (χ1v) is 11.3. The highest BCUT2D eigenvalue weighted by Crippen LogP contribution is 2.41. The second kappa shape index (κ2) is 7.95. The van der Waals surface area contributed by atoms with Gasteiger partial charge in [-0.05, 0) is 50.8 Å². The van der Waals surface area contributed by atoms with Crippen LogP contribution in [0.15, 0.2) is 18.2 Å². The average molecular weight is 453 g/mol. The zero-order valence-corrected chi connectivity index (χ0v) is 19.2. The van der Waals surface area contributed by atoms with Gasteiger partial charge >= 0.3 is 0 Å². The molecule has 174 valence electrons. The fourth-order valence-electron chi connectivity index (χ4n) is 4.14. The fourth-order valence-corrected chi connectivity index (χ4v) is 4.14. The van der Waals surface area contributed by atoms with Crippen LogP contribution >= 0.6 is 0 Å². The Morgan fingerprint density at radius 1 is 1.24 bits per heavy atom. The third kappa shape index (κ3) is 4.22. The Labute approximate surface area is 191 Å². The molecule has 0 atom stereocenters. The van der Waals surface area contributed by atoms with Crippen molar-refractivity contribution in [3.05, 3.63) is 35.3 Å². The van der Waals surface area contributed by atoms with E-state index < -0.39 is 0 Å². The van der Waals surface area contributed by atoms with E-state index in [1.54, 1.807) is 32.3 Å². The molecule has 1 aliphatic carbocycles. The molecule has 3 heterocycles. The third-order valence-corrected chi connectivity index (χ3v) is 6.48. The number of aromatic nitrogens is 4. The van der Waals surface area contributed by atoms with Crippen LogP contribution in [0.5, 0.6) is 0 Å². The summed E-state index contributed by atoms with van der Waals surface area (Å²) in [5, 5.41) is 10.7. The summed E-state index contributed by atoms with van der Waals surface area (Å²) in [5.41, 5.74) is 7.78. The van der Waals surface area contributed by atoms with E-state index in [0.29, 0.717) is 33.9 Å². The predicted octanol–water partition coefficient (Wildman–Crippen LogP) is 3.13. The van der Waals surface area contributed by atoms with Gasteiger partial charge in [0.25, 0.3) is 5.91 Å². The van der Waals surface area contributed by atoms with Gasteiger partial charge in [-0.3, -0.25) is 9.89 Å². The quantitative estimate of drug-likeness (QED) is 0.545. The van der Waals surface area contributed by atoms with Crippen LogP contribution in [-0.2, 0) is 0 Å². The number of piperidine rings is 1. The Bertz CT molecular complexity index is 1210. The average Bonchev–Trinajstić information content (AvgIpc) is 3.56. The van der Waals surface area contributed by atoms with Gasteiger partial charge in [0.2, 0.25) is 5.95 Å². The largest absolute Gasteiger partial charge is 0.345 e. The lowest BCUT2D eigenvalue weighted by molar-refractivity contribution is 0.0828. The number of nitrogens with one attached hydrogen (secondary N) is 2. The van der Waals surface area contributed by atoms with Gasteiger partial charge in [0.1, 0.15) is 5.82 Å². The molecule has 3 aromatic rings. The molecule has 1 amide bonds. The summed E-state index contributed by atoms with van der Waals surface area (Å²) in [7, 11) is 3.40. The van der Waals surface area contributed by atoms with Crippen LogP contribution < -0.4 is 16.0 Å². The van der Waals surface area contributed by atoms with Gasteiger partial charge in [0.15, 0.2) is 11.6 Å². The maximum absolute atomic E-state index is 15.0. The van der Waals surface area contributed by atoms with E-state index in [-0.39, 0.29) is 29.0 Å². The normalized spacial score (nSPS) is 17.9. The predicted molar refractivity (Wildman–Crippen MR) is 125 cm³/mol. The number of hydrogen-bond donors (Lipinski definition) is 3. The Balaban J connectivity index is 1.56. The standard InChI is InChI=1S/C23H29FN8O/c1-23(25)8-10-32(11-9-23)22-26-16-7-6-14(21(33)31(2)3)12-15(16)19(28-22)27-20-17(24)18(29-30-20)13-4-5-13/h6-7,12-13H,4-5,8-11,25H2,1-3H3,(H2,26,27,28,29,30). The molecule has 5 rings (SSSR count). The fraction of sp³-hybridized carbons (Fsp3) is 0.478. The van der Waals surface area contributed by atoms with E-state index in [4.69, 9.17) is 15.7 Å². The number of nitrogens with two attached hydrogens (primary N) is 1. The number of carbonyl (C=O) groups excluding carboxylic acids is 1. The van der Waals surface area contributed by atoms with Crippen LogP contribution in [0.4, 0.5) is 22.0 Å². The molecule has 0 radical (unpaired) electrons. The number of halogens is 1. The smallest absolute Gasteiger partial charge is 0.253 e. The van der Waals surface area contributed by atoms with Crippen molar-refractivity contribution >= 4 is 34.4 Å². The summed E-state index contributed by atoms with van der Waals surface area (Å²) in [6, 6.07) is 5.29. The second-order valence-electron chi connectivity index (χ2n) is 9.64. The van der Waals surface area contributed by atoms with E-state index in [9.17, 15) is 9.18 Å². The maximum Gasteiger partial charge on any atom is 0.253 e. The molecular weight excluding hydrogens is 423 g/mol. The summed E-state index contributed by atoms with van der Waals surface area (Å²) < 4.78 is 15.0. The van der Waals surface area contributed by atoms with Gasteiger partial charge in [0.05, 0.1) is 11.2 Å². The van der Waals surface area contributed by atoms with E-state index >= 15 is 0 Å². The van der Waals surface area contributed by atoms with Crippen molar-refractivity contribution in [2.24, 2.45) is 5.73 Å². The molecule has 9 nitrogen and oxygen atoms in total. The van der Waals surface area contributed by atoms with Gasteiger partial charge in [-0.15, -0.1) is 0 Å². The molecule has 0 spiro atoms. The maximum atomic E-state index is 15.0. The topological polar surface area (TPSA) is 116 Å². The van der Waals surface area contributed by atoms with Crippen molar-refractivity contribution in [1.82, 2.24) is 25.1 Å². The van der Waals surface area contributed by atoms with Crippen molar-refractivity contribution in [1.29, 1.82) is 0 Å². The Morgan fingerprint density at radius 2 is 1.97 bits per heavy atom. The number of anilines is 3. The SMILES string of the molecule is CN(C)C(=O)c1ccc2nc(N3CCC(C)(N)CC3)nc(Nc3n[nH]c(C4CC4)c3F)c2c1. The molecule has 1 saturated heterocycles. The minimum atomic E-state index is -0.386. The Kier molecular flexibility index (Phi) is 5.19. The number of amides is 1. The summed E-state index contributed by atoms with van der Waals surface area (Å²) in [6.07, 6.45) is 3.58. The first kappa shape index (κ1) is 21.6. The van der Waals surface area contributed by atoms with E-state index in [1.807, 2.05) is 0 Å². The van der Waals surface area contributed by atoms with Crippen LogP contribution in [0.3, 0.4) is 0 Å². The zero-order chi connectivity index (χ0) is 23.3. The molecule has 2 aliphatic rings. The number of benzene rings is 1. The monoisotopic (exact) mass is 452 g/mol. The lowest BCUT2D eigenvalue weighted by atomic mass is 9.91. The summed E-state index contributed by atoms with van der Waals surface area (Å²) in [4.78, 5) is 25.6.